The summed E-state index contributed by atoms with van der Waals surface area (Å²) >= 11 is 0. The first kappa shape index (κ1) is 18.9. The van der Waals surface area contributed by atoms with Crippen LogP contribution in [0.4, 0.5) is 5.82 Å². The minimum Gasteiger partial charge on any atom is -0.379 e. The van der Waals surface area contributed by atoms with Crippen molar-refractivity contribution in [1.29, 1.82) is 0 Å². The number of morpholine rings is 1. The van der Waals surface area contributed by atoms with E-state index < -0.39 is 0 Å². The number of hydrogen-bond donors (Lipinski definition) is 2. The first-order valence-electron chi connectivity index (χ1n) is 10.3. The van der Waals surface area contributed by atoms with Crippen LogP contribution in [0.5, 0.6) is 0 Å². The third-order valence-electron chi connectivity index (χ3n) is 5.66. The molecular weight excluding hydrogens is 378 g/mol. The molecule has 0 unspecified atom stereocenters. The number of benzene rings is 1. The zero-order chi connectivity index (χ0) is 20.5. The van der Waals surface area contributed by atoms with Gasteiger partial charge in [0.05, 0.1) is 37.0 Å². The number of rotatable bonds is 5. The molecule has 8 nitrogen and oxygen atoms in total. The van der Waals surface area contributed by atoms with E-state index in [2.05, 4.69) is 68.3 Å². The zero-order valence-electron chi connectivity index (χ0n) is 17.2. The number of hydrogen-bond acceptors (Lipinski definition) is 7. The molecule has 3 aromatic heterocycles. The van der Waals surface area contributed by atoms with Crippen LogP contribution in [-0.2, 0) is 11.3 Å². The second-order valence-electron chi connectivity index (χ2n) is 7.74. The van der Waals surface area contributed by atoms with Gasteiger partial charge in [0.1, 0.15) is 11.8 Å². The molecule has 1 saturated heterocycles. The molecular formula is C22H25N7O. The van der Waals surface area contributed by atoms with E-state index in [1.807, 2.05) is 0 Å². The Hall–Kier alpha value is -3.10. The highest BCUT2D eigenvalue weighted by Gasteiger charge is 2.18. The highest BCUT2D eigenvalue weighted by atomic mass is 16.5. The molecule has 8 heteroatoms. The summed E-state index contributed by atoms with van der Waals surface area (Å²) in [6.45, 7) is 8.52. The van der Waals surface area contributed by atoms with Crippen molar-refractivity contribution in [2.75, 3.05) is 31.6 Å². The van der Waals surface area contributed by atoms with Gasteiger partial charge in [0, 0.05) is 25.0 Å². The Morgan fingerprint density at radius 3 is 2.93 bits per heavy atom. The van der Waals surface area contributed by atoms with Crippen LogP contribution < -0.4 is 5.32 Å². The monoisotopic (exact) mass is 403 g/mol. The van der Waals surface area contributed by atoms with E-state index in [9.17, 15) is 0 Å². The summed E-state index contributed by atoms with van der Waals surface area (Å²) in [4.78, 5) is 23.4. The van der Waals surface area contributed by atoms with Gasteiger partial charge in [0.25, 0.3) is 0 Å². The second-order valence-corrected chi connectivity index (χ2v) is 7.74. The number of aromatic amines is 1. The molecule has 1 fully saturated rings. The molecule has 0 spiro atoms. The van der Waals surface area contributed by atoms with Gasteiger partial charge in [-0.25, -0.2) is 15.0 Å². The summed E-state index contributed by atoms with van der Waals surface area (Å²) in [7, 11) is 0. The number of ether oxygens (including phenoxy) is 1. The molecule has 2 N–H and O–H groups in total. The predicted molar refractivity (Wildman–Crippen MR) is 116 cm³/mol. The SMILES string of the molecule is Cc1cccc2cc([C@H](C)Nc3ncnc4nc[nH]c34)nc(CN3CCOCC3)c12. The minimum atomic E-state index is -0.0280. The number of nitrogens with one attached hydrogen (secondary N) is 2. The van der Waals surface area contributed by atoms with E-state index in [4.69, 9.17) is 9.72 Å². The Kier molecular flexibility index (Phi) is 5.02. The maximum absolute atomic E-state index is 5.51. The fourth-order valence-corrected chi connectivity index (χ4v) is 4.07. The molecule has 1 aromatic carbocycles. The number of imidazole rings is 1. The first-order valence-corrected chi connectivity index (χ1v) is 10.3. The third-order valence-corrected chi connectivity index (χ3v) is 5.66. The van der Waals surface area contributed by atoms with Gasteiger partial charge in [-0.15, -0.1) is 0 Å². The molecule has 30 heavy (non-hydrogen) atoms. The fraction of sp³-hybridized carbons (Fsp3) is 0.364. The number of H-pyrrole nitrogens is 1. The lowest BCUT2D eigenvalue weighted by molar-refractivity contribution is 0.0338. The van der Waals surface area contributed by atoms with Crippen LogP contribution in [-0.4, -0.2) is 56.1 Å². The Morgan fingerprint density at radius 2 is 2.07 bits per heavy atom. The van der Waals surface area contributed by atoms with Gasteiger partial charge in [0.15, 0.2) is 11.5 Å². The minimum absolute atomic E-state index is 0.0280. The quantitative estimate of drug-likeness (QED) is 0.529. The highest BCUT2D eigenvalue weighted by molar-refractivity contribution is 5.88. The van der Waals surface area contributed by atoms with Crippen molar-refractivity contribution in [3.05, 3.63) is 53.9 Å². The first-order chi connectivity index (χ1) is 14.7. The molecule has 0 saturated carbocycles. The van der Waals surface area contributed by atoms with Crippen LogP contribution in [0.25, 0.3) is 21.9 Å². The van der Waals surface area contributed by atoms with E-state index in [0.717, 1.165) is 55.6 Å². The summed E-state index contributed by atoms with van der Waals surface area (Å²) in [6, 6.07) is 8.58. The molecule has 4 heterocycles. The van der Waals surface area contributed by atoms with Crippen molar-refractivity contribution in [3.8, 4) is 0 Å². The summed E-state index contributed by atoms with van der Waals surface area (Å²) in [6.07, 6.45) is 3.16. The van der Waals surface area contributed by atoms with Crippen molar-refractivity contribution in [2.45, 2.75) is 26.4 Å². The number of aromatic nitrogens is 5. The molecule has 1 atom stereocenters. The van der Waals surface area contributed by atoms with E-state index in [1.54, 1.807) is 6.33 Å². The number of pyridine rings is 1. The van der Waals surface area contributed by atoms with Crippen LogP contribution in [0.1, 0.15) is 29.9 Å². The highest BCUT2D eigenvalue weighted by Crippen LogP contribution is 2.28. The summed E-state index contributed by atoms with van der Waals surface area (Å²) in [5.41, 5.74) is 4.81. The van der Waals surface area contributed by atoms with Gasteiger partial charge in [-0.3, -0.25) is 9.88 Å². The topological polar surface area (TPSA) is 91.9 Å². The van der Waals surface area contributed by atoms with Crippen LogP contribution in [0, 0.1) is 6.92 Å². The maximum atomic E-state index is 5.51. The van der Waals surface area contributed by atoms with Gasteiger partial charge in [-0.05, 0) is 30.9 Å². The van der Waals surface area contributed by atoms with Crippen molar-refractivity contribution in [1.82, 2.24) is 29.8 Å². The van der Waals surface area contributed by atoms with E-state index in [-0.39, 0.29) is 6.04 Å². The van der Waals surface area contributed by atoms with E-state index in [0.29, 0.717) is 5.65 Å². The lowest BCUT2D eigenvalue weighted by Gasteiger charge is -2.27. The van der Waals surface area contributed by atoms with Crippen LogP contribution >= 0.6 is 0 Å². The van der Waals surface area contributed by atoms with Gasteiger partial charge in [0.2, 0.25) is 0 Å². The standard InChI is InChI=1S/C22H25N7O/c1-14-4-3-5-16-10-17(28-18(19(14)16)11-29-6-8-30-9-7-29)15(2)27-22-20-21(24-12-23-20)25-13-26-22/h3-5,10,12-13,15H,6-9,11H2,1-2H3,(H2,23,24,25,26,27)/t15-/m0/s1. The molecule has 1 aliphatic rings. The van der Waals surface area contributed by atoms with E-state index in [1.165, 1.54) is 22.7 Å². The molecule has 4 aromatic rings. The third kappa shape index (κ3) is 3.59. The average Bonchev–Trinajstić information content (AvgIpc) is 3.24. The fourth-order valence-electron chi connectivity index (χ4n) is 4.07. The molecule has 154 valence electrons. The number of anilines is 1. The molecule has 1 aliphatic heterocycles. The molecule has 0 aliphatic carbocycles. The predicted octanol–water partition coefficient (Wildman–Crippen LogP) is 3.21. The van der Waals surface area contributed by atoms with Gasteiger partial charge < -0.3 is 15.0 Å². The smallest absolute Gasteiger partial charge is 0.182 e. The van der Waals surface area contributed by atoms with E-state index >= 15 is 0 Å². The van der Waals surface area contributed by atoms with Crippen molar-refractivity contribution < 1.29 is 4.74 Å². The number of fused-ring (bicyclic) bond motifs is 2. The van der Waals surface area contributed by atoms with Gasteiger partial charge in [-0.2, -0.15) is 0 Å². The largest absolute Gasteiger partial charge is 0.379 e. The van der Waals surface area contributed by atoms with Gasteiger partial charge in [-0.1, -0.05) is 18.2 Å². The second kappa shape index (κ2) is 7.97. The Morgan fingerprint density at radius 1 is 1.20 bits per heavy atom. The van der Waals surface area contributed by atoms with Crippen molar-refractivity contribution >= 4 is 27.8 Å². The average molecular weight is 403 g/mol. The summed E-state index contributed by atoms with van der Waals surface area (Å²) in [5, 5.41) is 5.94. The normalized spacial score (nSPS) is 16.2. The molecule has 0 bridgehead atoms. The summed E-state index contributed by atoms with van der Waals surface area (Å²) in [5.74, 6) is 0.728. The molecule has 0 amide bonds. The zero-order valence-corrected chi connectivity index (χ0v) is 17.2. The van der Waals surface area contributed by atoms with Gasteiger partial charge >= 0.3 is 0 Å². The number of nitrogens with zero attached hydrogens (tertiary/aromatic N) is 5. The lowest BCUT2D eigenvalue weighted by Crippen LogP contribution is -2.36. The lowest BCUT2D eigenvalue weighted by atomic mass is 10.0. The molecule has 0 radical (unpaired) electrons. The Balaban J connectivity index is 1.51. The maximum Gasteiger partial charge on any atom is 0.182 e. The Bertz CT molecular complexity index is 1180. The van der Waals surface area contributed by atoms with Crippen molar-refractivity contribution in [2.24, 2.45) is 0 Å². The van der Waals surface area contributed by atoms with Crippen LogP contribution in [0.3, 0.4) is 0 Å². The Labute approximate surface area is 174 Å². The van der Waals surface area contributed by atoms with Crippen molar-refractivity contribution in [3.63, 3.8) is 0 Å². The van der Waals surface area contributed by atoms with Crippen LogP contribution in [0.15, 0.2) is 36.9 Å². The summed E-state index contributed by atoms with van der Waals surface area (Å²) < 4.78 is 5.51. The van der Waals surface area contributed by atoms with Crippen LogP contribution in [0.2, 0.25) is 0 Å². The molecule has 5 rings (SSSR count). The number of aryl methyl sites for hydroxylation is 1.